The predicted octanol–water partition coefficient (Wildman–Crippen LogP) is 2.28. The van der Waals surface area contributed by atoms with Gasteiger partial charge in [0, 0.05) is 0 Å². The van der Waals surface area contributed by atoms with Gasteiger partial charge in [0.15, 0.2) is 0 Å². The van der Waals surface area contributed by atoms with Crippen molar-refractivity contribution in [2.24, 2.45) is 0 Å². The van der Waals surface area contributed by atoms with E-state index >= 15 is 0 Å². The van der Waals surface area contributed by atoms with Crippen LogP contribution in [0.1, 0.15) is 10.4 Å². The van der Waals surface area contributed by atoms with Crippen molar-refractivity contribution in [1.82, 2.24) is 4.98 Å². The van der Waals surface area contributed by atoms with Gasteiger partial charge in [0.1, 0.15) is 5.56 Å². The third-order valence-electron chi connectivity index (χ3n) is 1.78. The van der Waals surface area contributed by atoms with Crippen LogP contribution in [0.25, 0.3) is 0 Å². The van der Waals surface area contributed by atoms with Crippen molar-refractivity contribution in [3.8, 4) is 11.6 Å². The first kappa shape index (κ1) is 15.0. The van der Waals surface area contributed by atoms with Crippen LogP contribution < -0.4 is 9.47 Å². The Hall–Kier alpha value is -2.10. The van der Waals surface area contributed by atoms with Gasteiger partial charge in [-0.1, -0.05) is 0 Å². The number of hydrogen-bond donors (Lipinski definition) is 0. The maximum atomic E-state index is 12.2. The summed E-state index contributed by atoms with van der Waals surface area (Å²) in [5.41, 5.74) is -2.11. The molecule has 1 heterocycles. The Morgan fingerprint density at radius 1 is 1.53 bits per heavy atom. The smallest absolute Gasteiger partial charge is 0.478 e. The molecule has 11 heteroatoms. The highest BCUT2D eigenvalue weighted by Crippen LogP contribution is 2.41. The van der Waals surface area contributed by atoms with E-state index in [2.05, 4.69) is 14.5 Å². The molecule has 19 heavy (non-hydrogen) atoms. The van der Waals surface area contributed by atoms with Gasteiger partial charge in [-0.05, 0) is 11.6 Å². The highest BCUT2D eigenvalue weighted by atomic mass is 35.5. The number of carbonyl (C=O) groups is 1. The maximum absolute atomic E-state index is 12.2. The third kappa shape index (κ3) is 3.44. The van der Waals surface area contributed by atoms with Crippen LogP contribution in [0, 0.1) is 10.1 Å². The van der Waals surface area contributed by atoms with Crippen LogP contribution >= 0.6 is 11.6 Å². The maximum Gasteiger partial charge on any atom is 0.573 e. The van der Waals surface area contributed by atoms with Crippen molar-refractivity contribution in [2.45, 2.75) is 6.36 Å². The molecule has 0 aliphatic carbocycles. The second-order valence-electron chi connectivity index (χ2n) is 2.94. The number of pyridine rings is 1. The monoisotopic (exact) mass is 300 g/mol. The van der Waals surface area contributed by atoms with Crippen molar-refractivity contribution in [3.05, 3.63) is 21.9 Å². The highest BCUT2D eigenvalue weighted by Gasteiger charge is 2.39. The molecule has 0 amide bonds. The molecule has 1 rings (SSSR count). The number of nitrogens with zero attached hydrogens (tertiary/aromatic N) is 2. The molecule has 0 saturated carbocycles. The molecule has 0 aliphatic rings. The van der Waals surface area contributed by atoms with E-state index < -0.39 is 39.4 Å². The SMILES string of the molecule is COc1ncc(C(=O)Cl)c([N+](=O)[O-])c1OC(F)(F)F. The summed E-state index contributed by atoms with van der Waals surface area (Å²) >= 11 is 5.03. The predicted molar refractivity (Wildman–Crippen MR) is 54.3 cm³/mol. The van der Waals surface area contributed by atoms with Gasteiger partial charge < -0.3 is 9.47 Å². The van der Waals surface area contributed by atoms with Crippen LogP contribution in [0.5, 0.6) is 11.6 Å². The zero-order valence-corrected chi connectivity index (χ0v) is 9.78. The topological polar surface area (TPSA) is 91.6 Å². The van der Waals surface area contributed by atoms with E-state index in [0.717, 1.165) is 7.11 Å². The van der Waals surface area contributed by atoms with Gasteiger partial charge >= 0.3 is 12.0 Å². The van der Waals surface area contributed by atoms with E-state index in [1.165, 1.54) is 0 Å². The Labute approximate surface area is 108 Å². The molecular formula is C8H4ClF3N2O5. The van der Waals surface area contributed by atoms with E-state index in [1.807, 2.05) is 0 Å². The van der Waals surface area contributed by atoms with Crippen LogP contribution in [0.3, 0.4) is 0 Å². The van der Waals surface area contributed by atoms with Crippen molar-refractivity contribution >= 4 is 22.5 Å². The molecule has 0 unspecified atom stereocenters. The van der Waals surface area contributed by atoms with Gasteiger partial charge in [0.05, 0.1) is 18.2 Å². The van der Waals surface area contributed by atoms with Gasteiger partial charge in [0.25, 0.3) is 16.9 Å². The highest BCUT2D eigenvalue weighted by molar-refractivity contribution is 6.68. The minimum absolute atomic E-state index is 0.621. The normalized spacial score (nSPS) is 11.0. The van der Waals surface area contributed by atoms with Crippen LogP contribution in [-0.2, 0) is 0 Å². The molecule has 0 radical (unpaired) electrons. The molecule has 7 nitrogen and oxygen atoms in total. The van der Waals surface area contributed by atoms with Crippen molar-refractivity contribution in [3.63, 3.8) is 0 Å². The number of methoxy groups -OCH3 is 1. The summed E-state index contributed by atoms with van der Waals surface area (Å²) in [6.45, 7) is 0. The number of nitro groups is 1. The van der Waals surface area contributed by atoms with Crippen molar-refractivity contribution < 1.29 is 32.4 Å². The van der Waals surface area contributed by atoms with Crippen LogP contribution in [-0.4, -0.2) is 28.6 Å². The Kier molecular flexibility index (Phi) is 4.14. The lowest BCUT2D eigenvalue weighted by molar-refractivity contribution is -0.389. The Morgan fingerprint density at radius 3 is 2.47 bits per heavy atom. The first-order valence-electron chi connectivity index (χ1n) is 4.34. The van der Waals surface area contributed by atoms with E-state index in [0.29, 0.717) is 6.20 Å². The molecular weight excluding hydrogens is 297 g/mol. The van der Waals surface area contributed by atoms with Gasteiger partial charge in [-0.2, -0.15) is 0 Å². The lowest BCUT2D eigenvalue weighted by Gasteiger charge is -2.12. The number of rotatable bonds is 4. The molecule has 0 aromatic carbocycles. The molecule has 0 bridgehead atoms. The summed E-state index contributed by atoms with van der Waals surface area (Å²) in [4.78, 5) is 23.7. The molecule has 0 saturated heterocycles. The second-order valence-corrected chi connectivity index (χ2v) is 3.28. The molecule has 0 fully saturated rings. The lowest BCUT2D eigenvalue weighted by atomic mass is 10.2. The fourth-order valence-electron chi connectivity index (χ4n) is 1.14. The van der Waals surface area contributed by atoms with Crippen LogP contribution in [0.15, 0.2) is 6.20 Å². The minimum Gasteiger partial charge on any atom is -0.478 e. The van der Waals surface area contributed by atoms with E-state index in [1.54, 1.807) is 0 Å². The fraction of sp³-hybridized carbons (Fsp3) is 0.250. The third-order valence-corrected chi connectivity index (χ3v) is 1.98. The standard InChI is InChI=1S/C8H4ClF3N2O5/c1-18-7-5(19-8(10,11)12)4(14(16)17)3(2-13-7)6(9)15/h2H,1H3. The lowest BCUT2D eigenvalue weighted by Crippen LogP contribution is -2.19. The van der Waals surface area contributed by atoms with Gasteiger partial charge in [-0.15, -0.1) is 13.2 Å². The summed E-state index contributed by atoms with van der Waals surface area (Å²) in [6.07, 6.45) is -4.61. The summed E-state index contributed by atoms with van der Waals surface area (Å²) in [5.74, 6) is -2.14. The largest absolute Gasteiger partial charge is 0.573 e. The molecule has 0 spiro atoms. The average molecular weight is 301 g/mol. The first-order chi connectivity index (χ1) is 8.67. The number of hydrogen-bond acceptors (Lipinski definition) is 6. The van der Waals surface area contributed by atoms with E-state index in [9.17, 15) is 28.1 Å². The number of carbonyl (C=O) groups excluding carboxylic acids is 1. The zero-order chi connectivity index (χ0) is 14.8. The van der Waals surface area contributed by atoms with E-state index in [4.69, 9.17) is 11.6 Å². The quantitative estimate of drug-likeness (QED) is 0.481. The van der Waals surface area contributed by atoms with Crippen molar-refractivity contribution in [1.29, 1.82) is 0 Å². The molecule has 104 valence electrons. The second kappa shape index (κ2) is 5.26. The fourth-order valence-corrected chi connectivity index (χ4v) is 1.28. The Balaban J connectivity index is 3.57. The van der Waals surface area contributed by atoms with Crippen LogP contribution in [0.4, 0.5) is 18.9 Å². The Bertz CT molecular complexity index is 534. The molecule has 1 aromatic rings. The molecule has 0 aliphatic heterocycles. The molecule has 1 aromatic heterocycles. The minimum atomic E-state index is -5.23. The first-order valence-corrected chi connectivity index (χ1v) is 4.72. The zero-order valence-electron chi connectivity index (χ0n) is 9.02. The van der Waals surface area contributed by atoms with E-state index in [-0.39, 0.29) is 0 Å². The molecule has 0 atom stereocenters. The number of alkyl halides is 3. The number of halogens is 4. The summed E-state index contributed by atoms with van der Waals surface area (Å²) in [7, 11) is 0.928. The van der Waals surface area contributed by atoms with Gasteiger partial charge in [-0.25, -0.2) is 4.98 Å². The van der Waals surface area contributed by atoms with Crippen LogP contribution in [0.2, 0.25) is 0 Å². The average Bonchev–Trinajstić information content (AvgIpc) is 2.25. The number of aromatic nitrogens is 1. The van der Waals surface area contributed by atoms with Gasteiger partial charge in [0.2, 0.25) is 0 Å². The summed E-state index contributed by atoms with van der Waals surface area (Å²) in [6, 6.07) is 0. The van der Waals surface area contributed by atoms with Gasteiger partial charge in [-0.3, -0.25) is 14.9 Å². The summed E-state index contributed by atoms with van der Waals surface area (Å²) < 4.78 is 44.5. The summed E-state index contributed by atoms with van der Waals surface area (Å²) in [5, 5.41) is 9.41. The number of ether oxygens (including phenoxy) is 2. The molecule has 0 N–H and O–H groups in total. The Morgan fingerprint density at radius 2 is 2.11 bits per heavy atom. The van der Waals surface area contributed by atoms with Crippen molar-refractivity contribution in [2.75, 3.05) is 7.11 Å².